The predicted octanol–water partition coefficient (Wildman–Crippen LogP) is 2.55. The lowest BCUT2D eigenvalue weighted by Crippen LogP contribution is -2.08. The molecule has 0 heterocycles. The van der Waals surface area contributed by atoms with Crippen LogP contribution in [-0.4, -0.2) is 23.7 Å². The van der Waals surface area contributed by atoms with E-state index in [1.54, 1.807) is 6.07 Å². The highest BCUT2D eigenvalue weighted by molar-refractivity contribution is 5.94. The zero-order valence-corrected chi connectivity index (χ0v) is 9.68. The SMILES string of the molecule is C[CH]CCCOC(=O)c1cccc(C(=O)O)c1. The van der Waals surface area contributed by atoms with Crippen LogP contribution in [0.15, 0.2) is 24.3 Å². The van der Waals surface area contributed by atoms with Crippen LogP contribution < -0.4 is 0 Å². The first-order valence-electron chi connectivity index (χ1n) is 5.43. The summed E-state index contributed by atoms with van der Waals surface area (Å²) < 4.78 is 5.01. The molecule has 0 aliphatic heterocycles. The van der Waals surface area contributed by atoms with E-state index in [1.165, 1.54) is 18.2 Å². The number of hydrogen-bond acceptors (Lipinski definition) is 3. The molecule has 0 amide bonds. The summed E-state index contributed by atoms with van der Waals surface area (Å²) in [6.45, 7) is 2.29. The summed E-state index contributed by atoms with van der Waals surface area (Å²) in [6, 6.07) is 5.82. The Kier molecular flexibility index (Phi) is 5.20. The molecule has 0 aromatic heterocycles. The number of carboxylic acids is 1. The molecule has 1 radical (unpaired) electrons. The van der Waals surface area contributed by atoms with Crippen molar-refractivity contribution in [3.63, 3.8) is 0 Å². The van der Waals surface area contributed by atoms with Crippen LogP contribution in [0.3, 0.4) is 0 Å². The molecule has 4 nitrogen and oxygen atoms in total. The molecule has 1 rings (SSSR count). The van der Waals surface area contributed by atoms with Crippen LogP contribution in [0.4, 0.5) is 0 Å². The van der Waals surface area contributed by atoms with Crippen molar-refractivity contribution in [2.75, 3.05) is 6.61 Å². The minimum atomic E-state index is -1.06. The van der Waals surface area contributed by atoms with Crippen LogP contribution in [0.1, 0.15) is 40.5 Å². The fourth-order valence-electron chi connectivity index (χ4n) is 1.31. The summed E-state index contributed by atoms with van der Waals surface area (Å²) in [6.07, 6.45) is 3.67. The van der Waals surface area contributed by atoms with Gasteiger partial charge in [-0.3, -0.25) is 0 Å². The van der Waals surface area contributed by atoms with Crippen molar-refractivity contribution in [1.29, 1.82) is 0 Å². The predicted molar refractivity (Wildman–Crippen MR) is 62.9 cm³/mol. The number of carboxylic acid groups (broad SMARTS) is 1. The number of rotatable bonds is 6. The molecular weight excluding hydrogens is 220 g/mol. The highest BCUT2D eigenvalue weighted by Gasteiger charge is 2.10. The Labute approximate surface area is 100 Å². The molecule has 1 N–H and O–H groups in total. The smallest absolute Gasteiger partial charge is 0.338 e. The van der Waals surface area contributed by atoms with Crippen molar-refractivity contribution >= 4 is 11.9 Å². The van der Waals surface area contributed by atoms with Crippen LogP contribution in [-0.2, 0) is 4.74 Å². The summed E-state index contributed by atoms with van der Waals surface area (Å²) in [4.78, 5) is 22.3. The fourth-order valence-corrected chi connectivity index (χ4v) is 1.31. The first-order valence-corrected chi connectivity index (χ1v) is 5.43. The van der Waals surface area contributed by atoms with Crippen LogP contribution >= 0.6 is 0 Å². The van der Waals surface area contributed by atoms with E-state index in [2.05, 4.69) is 0 Å². The van der Waals surface area contributed by atoms with Crippen LogP contribution in [0.2, 0.25) is 0 Å². The second kappa shape index (κ2) is 6.68. The zero-order chi connectivity index (χ0) is 12.7. The Morgan fingerprint density at radius 2 is 2.06 bits per heavy atom. The Balaban J connectivity index is 2.56. The van der Waals surface area contributed by atoms with Gasteiger partial charge in [0.05, 0.1) is 17.7 Å². The molecule has 0 atom stereocenters. The number of carbonyl (C=O) groups is 2. The van der Waals surface area contributed by atoms with E-state index in [1.807, 2.05) is 13.3 Å². The first kappa shape index (κ1) is 13.2. The van der Waals surface area contributed by atoms with Gasteiger partial charge in [-0.15, -0.1) is 0 Å². The standard InChI is InChI=1S/C13H15O4/c1-2-3-4-8-17-13(16)11-7-5-6-10(9-11)12(14)15/h2,5-7,9H,3-4,8H2,1H3,(H,14,15). The van der Waals surface area contributed by atoms with Crippen molar-refractivity contribution in [2.45, 2.75) is 19.8 Å². The fraction of sp³-hybridized carbons (Fsp3) is 0.308. The van der Waals surface area contributed by atoms with E-state index in [-0.39, 0.29) is 11.1 Å². The number of aromatic carboxylic acids is 1. The van der Waals surface area contributed by atoms with E-state index in [4.69, 9.17) is 9.84 Å². The molecule has 0 bridgehead atoms. The first-order chi connectivity index (χ1) is 8.15. The maximum atomic E-state index is 11.6. The van der Waals surface area contributed by atoms with Gasteiger partial charge in [0.1, 0.15) is 0 Å². The monoisotopic (exact) mass is 235 g/mol. The summed E-state index contributed by atoms with van der Waals surface area (Å²) in [5, 5.41) is 8.78. The molecular formula is C13H15O4. The topological polar surface area (TPSA) is 63.6 Å². The number of esters is 1. The van der Waals surface area contributed by atoms with Crippen molar-refractivity contribution in [2.24, 2.45) is 0 Å². The van der Waals surface area contributed by atoms with Gasteiger partial charge in [-0.05, 0) is 37.5 Å². The zero-order valence-electron chi connectivity index (χ0n) is 9.68. The van der Waals surface area contributed by atoms with Crippen LogP contribution in [0, 0.1) is 6.42 Å². The van der Waals surface area contributed by atoms with Gasteiger partial charge in [-0.25, -0.2) is 9.59 Å². The summed E-state index contributed by atoms with van der Waals surface area (Å²) in [5.74, 6) is -1.54. The second-order valence-electron chi connectivity index (χ2n) is 3.57. The van der Waals surface area contributed by atoms with Crippen LogP contribution in [0.25, 0.3) is 0 Å². The van der Waals surface area contributed by atoms with Crippen molar-refractivity contribution in [1.82, 2.24) is 0 Å². The Morgan fingerprint density at radius 3 is 2.71 bits per heavy atom. The van der Waals surface area contributed by atoms with Gasteiger partial charge >= 0.3 is 11.9 Å². The van der Waals surface area contributed by atoms with E-state index >= 15 is 0 Å². The largest absolute Gasteiger partial charge is 0.478 e. The maximum Gasteiger partial charge on any atom is 0.338 e. The summed E-state index contributed by atoms with van der Waals surface area (Å²) in [7, 11) is 0. The molecule has 0 unspecified atom stereocenters. The molecule has 0 saturated carbocycles. The number of benzene rings is 1. The molecule has 17 heavy (non-hydrogen) atoms. The number of unbranched alkanes of at least 4 members (excludes halogenated alkanes) is 2. The minimum absolute atomic E-state index is 0.0846. The molecule has 1 aromatic carbocycles. The third kappa shape index (κ3) is 4.26. The lowest BCUT2D eigenvalue weighted by atomic mass is 10.1. The summed E-state index contributed by atoms with van der Waals surface area (Å²) >= 11 is 0. The highest BCUT2D eigenvalue weighted by Crippen LogP contribution is 2.07. The second-order valence-corrected chi connectivity index (χ2v) is 3.57. The van der Waals surface area contributed by atoms with Gasteiger partial charge in [0, 0.05) is 0 Å². The van der Waals surface area contributed by atoms with E-state index in [0.717, 1.165) is 12.8 Å². The average Bonchev–Trinajstić information content (AvgIpc) is 2.34. The van der Waals surface area contributed by atoms with E-state index in [9.17, 15) is 9.59 Å². The molecule has 0 fully saturated rings. The Morgan fingerprint density at radius 1 is 1.35 bits per heavy atom. The third-order valence-corrected chi connectivity index (χ3v) is 2.22. The number of carbonyl (C=O) groups excluding carboxylic acids is 1. The van der Waals surface area contributed by atoms with E-state index < -0.39 is 11.9 Å². The molecule has 0 aliphatic rings. The van der Waals surface area contributed by atoms with Gasteiger partial charge < -0.3 is 9.84 Å². The minimum Gasteiger partial charge on any atom is -0.478 e. The third-order valence-electron chi connectivity index (χ3n) is 2.22. The molecule has 91 valence electrons. The van der Waals surface area contributed by atoms with Crippen molar-refractivity contribution in [3.8, 4) is 0 Å². The molecule has 0 spiro atoms. The van der Waals surface area contributed by atoms with Gasteiger partial charge in [-0.2, -0.15) is 0 Å². The van der Waals surface area contributed by atoms with Crippen molar-refractivity contribution < 1.29 is 19.4 Å². The lowest BCUT2D eigenvalue weighted by molar-refractivity contribution is 0.0500. The molecule has 0 saturated heterocycles. The van der Waals surface area contributed by atoms with Gasteiger partial charge in [0.25, 0.3) is 0 Å². The summed E-state index contributed by atoms with van der Waals surface area (Å²) in [5.41, 5.74) is 0.353. The average molecular weight is 235 g/mol. The van der Waals surface area contributed by atoms with Gasteiger partial charge in [-0.1, -0.05) is 13.0 Å². The lowest BCUT2D eigenvalue weighted by Gasteiger charge is -2.04. The number of ether oxygens (including phenoxy) is 1. The van der Waals surface area contributed by atoms with Crippen LogP contribution in [0.5, 0.6) is 0 Å². The van der Waals surface area contributed by atoms with E-state index in [0.29, 0.717) is 6.61 Å². The van der Waals surface area contributed by atoms with Crippen molar-refractivity contribution in [3.05, 3.63) is 41.8 Å². The normalized spacial score (nSPS) is 9.94. The Bertz CT molecular complexity index is 398. The number of hydrogen-bond donors (Lipinski definition) is 1. The maximum absolute atomic E-state index is 11.6. The highest BCUT2D eigenvalue weighted by atomic mass is 16.5. The molecule has 1 aromatic rings. The van der Waals surface area contributed by atoms with Gasteiger partial charge in [0.15, 0.2) is 0 Å². The molecule has 4 heteroatoms. The Hall–Kier alpha value is -1.84. The molecule has 0 aliphatic carbocycles. The quantitative estimate of drug-likeness (QED) is 0.608. The van der Waals surface area contributed by atoms with Gasteiger partial charge in [0.2, 0.25) is 0 Å².